The molecule has 1 saturated heterocycles. The molecule has 1 N–H and O–H groups in total. The second-order valence-electron chi connectivity index (χ2n) is 7.02. The maximum Gasteiger partial charge on any atom is 0.308 e. The van der Waals surface area contributed by atoms with Crippen LogP contribution in [0.25, 0.3) is 0 Å². The molecule has 0 aromatic heterocycles. The first-order valence-corrected chi connectivity index (χ1v) is 9.25. The van der Waals surface area contributed by atoms with Gasteiger partial charge in [-0.2, -0.15) is 0 Å². The lowest BCUT2D eigenvalue weighted by atomic mass is 9.83. The molecule has 0 amide bonds. The lowest BCUT2D eigenvalue weighted by molar-refractivity contribution is -0.146. The van der Waals surface area contributed by atoms with Crippen molar-refractivity contribution in [2.24, 2.45) is 16.3 Å². The summed E-state index contributed by atoms with van der Waals surface area (Å²) in [5, 5.41) is 3.44. The van der Waals surface area contributed by atoms with Gasteiger partial charge in [0.05, 0.1) is 13.0 Å². The molecule has 2 rings (SSSR count). The molecule has 0 atom stereocenters. The van der Waals surface area contributed by atoms with Crippen LogP contribution in [0.2, 0.25) is 0 Å². The Labute approximate surface area is 140 Å². The van der Waals surface area contributed by atoms with Crippen LogP contribution in [-0.4, -0.2) is 50.1 Å². The minimum atomic E-state index is -0.0671. The summed E-state index contributed by atoms with van der Waals surface area (Å²) in [4.78, 5) is 18.9. The summed E-state index contributed by atoms with van der Waals surface area (Å²) < 4.78 is 4.87. The third-order valence-corrected chi connectivity index (χ3v) is 5.64. The smallest absolute Gasteiger partial charge is 0.308 e. The number of nitrogens with zero attached hydrogens (tertiary/aromatic N) is 2. The Morgan fingerprint density at radius 3 is 2.43 bits per heavy atom. The van der Waals surface area contributed by atoms with E-state index in [-0.39, 0.29) is 11.9 Å². The molecule has 1 saturated carbocycles. The Morgan fingerprint density at radius 2 is 1.91 bits per heavy atom. The van der Waals surface area contributed by atoms with E-state index < -0.39 is 0 Å². The van der Waals surface area contributed by atoms with E-state index in [1.165, 1.54) is 39.2 Å². The Hall–Kier alpha value is -1.26. The summed E-state index contributed by atoms with van der Waals surface area (Å²) in [5.74, 6) is 1.01. The lowest BCUT2D eigenvalue weighted by Gasteiger charge is -2.34. The molecular weight excluding hydrogens is 290 g/mol. The van der Waals surface area contributed by atoms with Gasteiger partial charge in [0.1, 0.15) is 0 Å². The van der Waals surface area contributed by atoms with Crippen LogP contribution in [-0.2, 0) is 9.53 Å². The minimum absolute atomic E-state index is 0.0518. The zero-order valence-corrected chi connectivity index (χ0v) is 15.1. The number of hydrogen-bond acceptors (Lipinski definition) is 3. The van der Waals surface area contributed by atoms with Gasteiger partial charge in [-0.1, -0.05) is 19.8 Å². The van der Waals surface area contributed by atoms with Crippen LogP contribution in [0, 0.1) is 11.3 Å². The van der Waals surface area contributed by atoms with Crippen LogP contribution in [0.15, 0.2) is 4.99 Å². The maximum absolute atomic E-state index is 11.7. The van der Waals surface area contributed by atoms with E-state index in [1.807, 2.05) is 0 Å². The molecule has 2 fully saturated rings. The van der Waals surface area contributed by atoms with Gasteiger partial charge in [-0.3, -0.25) is 9.79 Å². The highest BCUT2D eigenvalue weighted by molar-refractivity contribution is 5.80. The molecule has 1 heterocycles. The molecule has 1 aliphatic heterocycles. The van der Waals surface area contributed by atoms with Gasteiger partial charge < -0.3 is 15.0 Å². The Bertz CT molecular complexity index is 408. The van der Waals surface area contributed by atoms with E-state index >= 15 is 0 Å². The van der Waals surface area contributed by atoms with Crippen molar-refractivity contribution in [3.8, 4) is 0 Å². The van der Waals surface area contributed by atoms with Gasteiger partial charge in [0, 0.05) is 26.2 Å². The average Bonchev–Trinajstić information content (AvgIpc) is 3.07. The predicted molar refractivity (Wildman–Crippen MR) is 93.5 cm³/mol. The second kappa shape index (κ2) is 8.55. The van der Waals surface area contributed by atoms with Crippen LogP contribution in [0.1, 0.15) is 58.8 Å². The number of piperidine rings is 1. The SMILES string of the molecule is CCNC(=NCC1(CC)CCCC1)N1CCC(C(=O)OC)CC1. The first-order chi connectivity index (χ1) is 11.1. The number of nitrogens with one attached hydrogen (secondary N) is 1. The summed E-state index contributed by atoms with van der Waals surface area (Å²) in [6.07, 6.45) is 8.27. The molecule has 132 valence electrons. The molecule has 0 unspecified atom stereocenters. The van der Waals surface area contributed by atoms with Crippen molar-refractivity contribution < 1.29 is 9.53 Å². The summed E-state index contributed by atoms with van der Waals surface area (Å²) in [7, 11) is 1.48. The van der Waals surface area contributed by atoms with Gasteiger partial charge >= 0.3 is 5.97 Å². The summed E-state index contributed by atoms with van der Waals surface area (Å²) in [6.45, 7) is 7.99. The number of esters is 1. The fourth-order valence-electron chi connectivity index (χ4n) is 3.91. The van der Waals surface area contributed by atoms with E-state index in [4.69, 9.17) is 9.73 Å². The summed E-state index contributed by atoms with van der Waals surface area (Å²) >= 11 is 0. The third-order valence-electron chi connectivity index (χ3n) is 5.64. The highest BCUT2D eigenvalue weighted by atomic mass is 16.5. The fourth-order valence-corrected chi connectivity index (χ4v) is 3.91. The van der Waals surface area contributed by atoms with Crippen LogP contribution in [0.4, 0.5) is 0 Å². The standard InChI is InChI=1S/C18H33N3O2/c1-4-18(10-6-7-11-18)14-20-17(19-5-2)21-12-8-15(9-13-21)16(22)23-3/h15H,4-14H2,1-3H3,(H,19,20). The van der Waals surface area contributed by atoms with Crippen LogP contribution in [0.3, 0.4) is 0 Å². The number of likely N-dealkylation sites (tertiary alicyclic amines) is 1. The third kappa shape index (κ3) is 4.61. The predicted octanol–water partition coefficient (Wildman–Crippen LogP) is 2.81. The maximum atomic E-state index is 11.7. The quantitative estimate of drug-likeness (QED) is 0.480. The van der Waals surface area contributed by atoms with Gasteiger partial charge in [-0.25, -0.2) is 0 Å². The summed E-state index contributed by atoms with van der Waals surface area (Å²) in [5.41, 5.74) is 0.422. The van der Waals surface area contributed by atoms with E-state index in [0.29, 0.717) is 5.41 Å². The first-order valence-electron chi connectivity index (χ1n) is 9.25. The molecule has 23 heavy (non-hydrogen) atoms. The van der Waals surface area contributed by atoms with Crippen molar-refractivity contribution in [3.05, 3.63) is 0 Å². The van der Waals surface area contributed by atoms with Crippen LogP contribution < -0.4 is 5.32 Å². The van der Waals surface area contributed by atoms with E-state index in [2.05, 4.69) is 24.1 Å². The van der Waals surface area contributed by atoms with E-state index in [9.17, 15) is 4.79 Å². The molecule has 0 spiro atoms. The molecule has 0 aromatic rings. The fraction of sp³-hybridized carbons (Fsp3) is 0.889. The molecule has 0 bridgehead atoms. The lowest BCUT2D eigenvalue weighted by Crippen LogP contribution is -2.47. The molecule has 5 heteroatoms. The molecule has 5 nitrogen and oxygen atoms in total. The molecule has 0 aromatic carbocycles. The normalized spacial score (nSPS) is 22.2. The Kier molecular flexibility index (Phi) is 6.72. The van der Waals surface area contributed by atoms with Crippen molar-refractivity contribution in [2.75, 3.05) is 33.3 Å². The van der Waals surface area contributed by atoms with Gasteiger partial charge in [-0.15, -0.1) is 0 Å². The van der Waals surface area contributed by atoms with Crippen LogP contribution >= 0.6 is 0 Å². The average molecular weight is 323 g/mol. The highest BCUT2D eigenvalue weighted by Crippen LogP contribution is 2.41. The Morgan fingerprint density at radius 1 is 1.26 bits per heavy atom. The number of methoxy groups -OCH3 is 1. The van der Waals surface area contributed by atoms with Gasteiger partial charge in [-0.05, 0) is 44.4 Å². The summed E-state index contributed by atoms with van der Waals surface area (Å²) in [6, 6.07) is 0. The molecule has 0 radical (unpaired) electrons. The Balaban J connectivity index is 1.95. The number of hydrogen-bond donors (Lipinski definition) is 1. The minimum Gasteiger partial charge on any atom is -0.469 e. The van der Waals surface area contributed by atoms with Crippen molar-refractivity contribution >= 4 is 11.9 Å². The number of carbonyl (C=O) groups excluding carboxylic acids is 1. The van der Waals surface area contributed by atoms with Crippen molar-refractivity contribution in [1.29, 1.82) is 0 Å². The number of guanidine groups is 1. The molecular formula is C18H33N3O2. The zero-order chi connectivity index (χ0) is 16.7. The van der Waals surface area contributed by atoms with E-state index in [1.54, 1.807) is 0 Å². The number of ether oxygens (including phenoxy) is 1. The van der Waals surface area contributed by atoms with Crippen molar-refractivity contribution in [2.45, 2.75) is 58.8 Å². The zero-order valence-electron chi connectivity index (χ0n) is 15.1. The largest absolute Gasteiger partial charge is 0.469 e. The second-order valence-corrected chi connectivity index (χ2v) is 7.02. The number of aliphatic imine (C=N–C) groups is 1. The van der Waals surface area contributed by atoms with Gasteiger partial charge in [0.2, 0.25) is 0 Å². The first kappa shape index (κ1) is 18.1. The molecule has 2 aliphatic rings. The van der Waals surface area contributed by atoms with Gasteiger partial charge in [0.25, 0.3) is 0 Å². The van der Waals surface area contributed by atoms with E-state index in [0.717, 1.165) is 45.0 Å². The monoisotopic (exact) mass is 323 g/mol. The van der Waals surface area contributed by atoms with Crippen molar-refractivity contribution in [1.82, 2.24) is 10.2 Å². The number of carbonyl (C=O) groups is 1. The van der Waals surface area contributed by atoms with Crippen molar-refractivity contribution in [3.63, 3.8) is 0 Å². The van der Waals surface area contributed by atoms with Crippen LogP contribution in [0.5, 0.6) is 0 Å². The number of rotatable bonds is 5. The van der Waals surface area contributed by atoms with Gasteiger partial charge in [0.15, 0.2) is 5.96 Å². The highest BCUT2D eigenvalue weighted by Gasteiger charge is 2.32. The topological polar surface area (TPSA) is 53.9 Å². The molecule has 1 aliphatic carbocycles.